The zero-order valence-corrected chi connectivity index (χ0v) is 15.6. The molecule has 1 saturated heterocycles. The van der Waals surface area contributed by atoms with Crippen LogP contribution < -0.4 is 0 Å². The smallest absolute Gasteiger partial charge is 0.339 e. The zero-order valence-electron chi connectivity index (χ0n) is 15.6. The standard InChI is InChI=1S/C22H19F3N2O2/c23-22(24,25)18-7-5-15(6-8-18)13-20(28)16-9-11-27(12-10-16)21(29)19-4-2-1-3-17(19)14-26/h1-8,16H,9-13H2. The number of alkyl halides is 3. The number of nitrogens with zero attached hydrogens (tertiary/aromatic N) is 2. The minimum Gasteiger partial charge on any atom is -0.339 e. The Labute approximate surface area is 166 Å². The van der Waals surface area contributed by atoms with Crippen LogP contribution in [0, 0.1) is 17.2 Å². The van der Waals surface area contributed by atoms with Gasteiger partial charge in [-0.1, -0.05) is 24.3 Å². The van der Waals surface area contributed by atoms with E-state index in [4.69, 9.17) is 5.26 Å². The molecule has 7 heteroatoms. The first kappa shape index (κ1) is 20.6. The lowest BCUT2D eigenvalue weighted by molar-refractivity contribution is -0.137. The van der Waals surface area contributed by atoms with E-state index in [0.717, 1.165) is 12.1 Å². The number of Topliss-reactive ketones (excluding diaryl/α,β-unsaturated/α-hetero) is 1. The van der Waals surface area contributed by atoms with E-state index < -0.39 is 11.7 Å². The lowest BCUT2D eigenvalue weighted by atomic mass is 9.89. The summed E-state index contributed by atoms with van der Waals surface area (Å²) in [6.07, 6.45) is -3.32. The van der Waals surface area contributed by atoms with Gasteiger partial charge in [0, 0.05) is 25.4 Å². The molecular weight excluding hydrogens is 381 g/mol. The van der Waals surface area contributed by atoms with Gasteiger partial charge >= 0.3 is 6.18 Å². The molecule has 0 saturated carbocycles. The van der Waals surface area contributed by atoms with Gasteiger partial charge in [-0.15, -0.1) is 0 Å². The topological polar surface area (TPSA) is 61.2 Å². The number of amides is 1. The summed E-state index contributed by atoms with van der Waals surface area (Å²) in [4.78, 5) is 26.8. The molecule has 1 heterocycles. The highest BCUT2D eigenvalue weighted by Gasteiger charge is 2.31. The van der Waals surface area contributed by atoms with Crippen molar-refractivity contribution in [3.8, 4) is 6.07 Å². The van der Waals surface area contributed by atoms with Crippen LogP contribution in [0.1, 0.15) is 39.9 Å². The molecule has 0 spiro atoms. The van der Waals surface area contributed by atoms with Crippen LogP contribution in [0.25, 0.3) is 0 Å². The Balaban J connectivity index is 1.57. The summed E-state index contributed by atoms with van der Waals surface area (Å²) in [5, 5.41) is 9.15. The zero-order chi connectivity index (χ0) is 21.0. The second-order valence-electron chi connectivity index (χ2n) is 7.06. The maximum absolute atomic E-state index is 12.7. The van der Waals surface area contributed by atoms with Crippen LogP contribution in [0.4, 0.5) is 13.2 Å². The average molecular weight is 400 g/mol. The van der Waals surface area contributed by atoms with Gasteiger partial charge in [-0.05, 0) is 42.7 Å². The highest BCUT2D eigenvalue weighted by Crippen LogP contribution is 2.29. The number of halogens is 3. The third kappa shape index (κ3) is 4.83. The number of rotatable bonds is 4. The van der Waals surface area contributed by atoms with Crippen molar-refractivity contribution in [3.05, 3.63) is 70.8 Å². The van der Waals surface area contributed by atoms with E-state index >= 15 is 0 Å². The Bertz CT molecular complexity index is 938. The monoisotopic (exact) mass is 400 g/mol. The van der Waals surface area contributed by atoms with Crippen LogP contribution in [-0.2, 0) is 17.4 Å². The van der Waals surface area contributed by atoms with Crippen LogP contribution in [-0.4, -0.2) is 29.7 Å². The molecule has 0 N–H and O–H groups in total. The predicted molar refractivity (Wildman–Crippen MR) is 99.9 cm³/mol. The largest absolute Gasteiger partial charge is 0.416 e. The van der Waals surface area contributed by atoms with Crippen molar-refractivity contribution in [2.45, 2.75) is 25.4 Å². The maximum Gasteiger partial charge on any atom is 0.416 e. The number of piperidine rings is 1. The molecule has 29 heavy (non-hydrogen) atoms. The second kappa shape index (κ2) is 8.48. The molecule has 2 aromatic rings. The number of nitriles is 1. The molecule has 1 aliphatic rings. The third-order valence-corrected chi connectivity index (χ3v) is 5.18. The van der Waals surface area contributed by atoms with Crippen LogP contribution in [0.15, 0.2) is 48.5 Å². The van der Waals surface area contributed by atoms with Crippen molar-refractivity contribution < 1.29 is 22.8 Å². The van der Waals surface area contributed by atoms with Gasteiger partial charge in [0.15, 0.2) is 0 Å². The lowest BCUT2D eigenvalue weighted by Gasteiger charge is -2.31. The Morgan fingerprint density at radius 1 is 1.03 bits per heavy atom. The molecule has 0 aliphatic carbocycles. The third-order valence-electron chi connectivity index (χ3n) is 5.18. The maximum atomic E-state index is 12.7. The van der Waals surface area contributed by atoms with E-state index in [0.29, 0.717) is 42.6 Å². The first-order valence-corrected chi connectivity index (χ1v) is 9.27. The van der Waals surface area contributed by atoms with E-state index in [-0.39, 0.29) is 24.0 Å². The van der Waals surface area contributed by atoms with E-state index in [1.165, 1.54) is 12.1 Å². The van der Waals surface area contributed by atoms with E-state index in [1.54, 1.807) is 29.2 Å². The first-order chi connectivity index (χ1) is 13.8. The summed E-state index contributed by atoms with van der Waals surface area (Å²) in [6, 6.07) is 13.2. The van der Waals surface area contributed by atoms with Gasteiger partial charge in [0.1, 0.15) is 5.78 Å². The minimum absolute atomic E-state index is 0.0331. The number of hydrogen-bond donors (Lipinski definition) is 0. The average Bonchev–Trinajstić information content (AvgIpc) is 2.73. The molecule has 0 radical (unpaired) electrons. The molecular formula is C22H19F3N2O2. The van der Waals surface area contributed by atoms with Gasteiger partial charge in [0.05, 0.1) is 22.8 Å². The van der Waals surface area contributed by atoms with Crippen molar-refractivity contribution in [1.29, 1.82) is 5.26 Å². The molecule has 1 amide bonds. The predicted octanol–water partition coefficient (Wildman–Crippen LogP) is 4.24. The molecule has 1 fully saturated rings. The molecule has 0 atom stereocenters. The summed E-state index contributed by atoms with van der Waals surface area (Å²) >= 11 is 0. The first-order valence-electron chi connectivity index (χ1n) is 9.27. The van der Waals surface area contributed by atoms with Crippen LogP contribution in [0.2, 0.25) is 0 Å². The Hall–Kier alpha value is -3.14. The SMILES string of the molecule is N#Cc1ccccc1C(=O)N1CCC(C(=O)Cc2ccc(C(F)(F)F)cc2)CC1. The van der Waals surface area contributed by atoms with Gasteiger partial charge in [-0.2, -0.15) is 18.4 Å². The Kier molecular flexibility index (Phi) is 6.02. The fourth-order valence-corrected chi connectivity index (χ4v) is 3.50. The number of benzene rings is 2. The lowest BCUT2D eigenvalue weighted by Crippen LogP contribution is -2.40. The molecule has 0 unspecified atom stereocenters. The number of carbonyl (C=O) groups is 2. The normalized spacial score (nSPS) is 15.0. The van der Waals surface area contributed by atoms with Crippen molar-refractivity contribution >= 4 is 11.7 Å². The number of likely N-dealkylation sites (tertiary alicyclic amines) is 1. The van der Waals surface area contributed by atoms with Crippen LogP contribution >= 0.6 is 0 Å². The highest BCUT2D eigenvalue weighted by atomic mass is 19.4. The number of ketones is 1. The Morgan fingerprint density at radius 2 is 1.66 bits per heavy atom. The molecule has 0 bridgehead atoms. The van der Waals surface area contributed by atoms with E-state index in [2.05, 4.69) is 0 Å². The summed E-state index contributed by atoms with van der Waals surface area (Å²) in [5.41, 5.74) is 0.477. The van der Waals surface area contributed by atoms with Gasteiger partial charge in [0.2, 0.25) is 0 Å². The van der Waals surface area contributed by atoms with Crippen LogP contribution in [0.5, 0.6) is 0 Å². The molecule has 1 aliphatic heterocycles. The number of carbonyl (C=O) groups excluding carboxylic acids is 2. The van der Waals surface area contributed by atoms with Crippen LogP contribution in [0.3, 0.4) is 0 Å². The molecule has 2 aromatic carbocycles. The fourth-order valence-electron chi connectivity index (χ4n) is 3.50. The van der Waals surface area contributed by atoms with Gasteiger partial charge in [0.25, 0.3) is 5.91 Å². The molecule has 4 nitrogen and oxygen atoms in total. The quantitative estimate of drug-likeness (QED) is 0.771. The van der Waals surface area contributed by atoms with E-state index in [1.807, 2.05) is 6.07 Å². The summed E-state index contributed by atoms with van der Waals surface area (Å²) < 4.78 is 37.9. The van der Waals surface area contributed by atoms with E-state index in [9.17, 15) is 22.8 Å². The molecule has 150 valence electrons. The molecule has 3 rings (SSSR count). The van der Waals surface area contributed by atoms with Crippen molar-refractivity contribution in [2.75, 3.05) is 13.1 Å². The van der Waals surface area contributed by atoms with Gasteiger partial charge in [-0.3, -0.25) is 9.59 Å². The van der Waals surface area contributed by atoms with Crippen molar-refractivity contribution in [1.82, 2.24) is 4.90 Å². The van der Waals surface area contributed by atoms with Gasteiger partial charge < -0.3 is 4.90 Å². The summed E-state index contributed by atoms with van der Waals surface area (Å²) in [7, 11) is 0. The van der Waals surface area contributed by atoms with Crippen molar-refractivity contribution in [3.63, 3.8) is 0 Å². The minimum atomic E-state index is -4.40. The Morgan fingerprint density at radius 3 is 2.24 bits per heavy atom. The highest BCUT2D eigenvalue weighted by molar-refractivity contribution is 5.96. The van der Waals surface area contributed by atoms with Gasteiger partial charge in [-0.25, -0.2) is 0 Å². The fraction of sp³-hybridized carbons (Fsp3) is 0.318. The second-order valence-corrected chi connectivity index (χ2v) is 7.06. The number of hydrogen-bond acceptors (Lipinski definition) is 3. The summed E-state index contributed by atoms with van der Waals surface area (Å²) in [6.45, 7) is 0.810. The molecule has 0 aromatic heterocycles. The summed E-state index contributed by atoms with van der Waals surface area (Å²) in [5.74, 6) is -0.488. The van der Waals surface area contributed by atoms with Crippen molar-refractivity contribution in [2.24, 2.45) is 5.92 Å².